The van der Waals surface area contributed by atoms with E-state index >= 15 is 0 Å². The standard InChI is InChI=1S/C21H27FN2O2/c1-13-8-9-20(17(25)10-13)19(2,3)12-23(4)21(20)15-11-14(22)6-7-16(15)24(5)18(21)26/h6-7,11,13H,8-10,12H2,1-5H3/t13-,20?,21?/m0/s1. The van der Waals surface area contributed by atoms with Crippen LogP contribution in [0.4, 0.5) is 10.1 Å². The predicted octanol–water partition coefficient (Wildman–Crippen LogP) is 3.34. The van der Waals surface area contributed by atoms with E-state index in [-0.39, 0.29) is 22.9 Å². The van der Waals surface area contributed by atoms with Crippen molar-refractivity contribution in [2.45, 2.75) is 45.6 Å². The first-order valence-corrected chi connectivity index (χ1v) is 9.42. The van der Waals surface area contributed by atoms with Gasteiger partial charge in [0.15, 0.2) is 0 Å². The summed E-state index contributed by atoms with van der Waals surface area (Å²) in [6.07, 6.45) is 2.06. The van der Waals surface area contributed by atoms with Gasteiger partial charge in [-0.05, 0) is 49.4 Å². The van der Waals surface area contributed by atoms with Crippen LogP contribution in [0.5, 0.6) is 0 Å². The molecule has 5 heteroatoms. The third-order valence-corrected chi connectivity index (χ3v) is 7.32. The lowest BCUT2D eigenvalue weighted by Crippen LogP contribution is -2.62. The number of halogens is 1. The Morgan fingerprint density at radius 2 is 1.88 bits per heavy atom. The fourth-order valence-electron chi connectivity index (χ4n) is 6.29. The molecule has 140 valence electrons. The summed E-state index contributed by atoms with van der Waals surface area (Å²) in [5.41, 5.74) is -0.942. The Hall–Kier alpha value is -1.75. The van der Waals surface area contributed by atoms with Crippen molar-refractivity contribution in [2.24, 2.45) is 16.7 Å². The quantitative estimate of drug-likeness (QED) is 0.714. The van der Waals surface area contributed by atoms with Crippen molar-refractivity contribution in [3.05, 3.63) is 29.6 Å². The highest BCUT2D eigenvalue weighted by molar-refractivity contribution is 6.12. The molecule has 1 aromatic carbocycles. The summed E-state index contributed by atoms with van der Waals surface area (Å²) in [7, 11) is 3.64. The van der Waals surface area contributed by atoms with E-state index in [9.17, 15) is 14.0 Å². The van der Waals surface area contributed by atoms with Crippen LogP contribution < -0.4 is 4.90 Å². The molecule has 2 aliphatic heterocycles. The molecular formula is C21H27FN2O2. The SMILES string of the molecule is C[C@H]1CCC2(C(=O)C1)C(C)(C)CN(C)C21C(=O)N(C)c2ccc(F)cc21. The molecule has 1 saturated heterocycles. The van der Waals surface area contributed by atoms with Crippen molar-refractivity contribution < 1.29 is 14.0 Å². The van der Waals surface area contributed by atoms with Crippen LogP contribution in [0.15, 0.2) is 18.2 Å². The van der Waals surface area contributed by atoms with Crippen molar-refractivity contribution in [2.75, 3.05) is 25.5 Å². The lowest BCUT2D eigenvalue weighted by atomic mass is 9.50. The van der Waals surface area contributed by atoms with Crippen LogP contribution >= 0.6 is 0 Å². The number of nitrogens with zero attached hydrogens (tertiary/aromatic N) is 2. The molecule has 0 N–H and O–H groups in total. The second-order valence-corrected chi connectivity index (χ2v) is 9.15. The van der Waals surface area contributed by atoms with E-state index in [0.717, 1.165) is 6.42 Å². The Morgan fingerprint density at radius 3 is 2.54 bits per heavy atom. The number of carbonyl (C=O) groups excluding carboxylic acids is 2. The van der Waals surface area contributed by atoms with Crippen LogP contribution in [-0.2, 0) is 15.1 Å². The van der Waals surface area contributed by atoms with Gasteiger partial charge in [0.05, 0.1) is 5.41 Å². The third-order valence-electron chi connectivity index (χ3n) is 7.32. The maximum Gasteiger partial charge on any atom is 0.253 e. The molecule has 3 atom stereocenters. The summed E-state index contributed by atoms with van der Waals surface area (Å²) in [6, 6.07) is 4.53. The predicted molar refractivity (Wildman–Crippen MR) is 98.4 cm³/mol. The number of amides is 1. The molecule has 1 aliphatic carbocycles. The van der Waals surface area contributed by atoms with Gasteiger partial charge >= 0.3 is 0 Å². The average molecular weight is 358 g/mol. The molecule has 1 saturated carbocycles. The molecule has 3 aliphatic rings. The molecule has 0 aromatic heterocycles. The Morgan fingerprint density at radius 1 is 1.19 bits per heavy atom. The third kappa shape index (κ3) is 1.73. The topological polar surface area (TPSA) is 40.6 Å². The summed E-state index contributed by atoms with van der Waals surface area (Å²) in [5.74, 6) is 0.0164. The number of rotatable bonds is 0. The first-order valence-electron chi connectivity index (χ1n) is 9.42. The van der Waals surface area contributed by atoms with Crippen LogP contribution in [0.3, 0.4) is 0 Å². The van der Waals surface area contributed by atoms with Gasteiger partial charge in [-0.15, -0.1) is 0 Å². The van der Waals surface area contributed by atoms with Crippen LogP contribution in [0.2, 0.25) is 0 Å². The smallest absolute Gasteiger partial charge is 0.253 e. The van der Waals surface area contributed by atoms with Gasteiger partial charge in [-0.25, -0.2) is 4.39 Å². The Balaban J connectivity index is 2.07. The van der Waals surface area contributed by atoms with Gasteiger partial charge in [0.25, 0.3) is 5.91 Å². The fraction of sp³-hybridized carbons (Fsp3) is 0.619. The number of Topliss-reactive ketones (excluding diaryl/α,β-unsaturated/α-hetero) is 1. The lowest BCUT2D eigenvalue weighted by molar-refractivity contribution is -0.155. The minimum Gasteiger partial charge on any atom is -0.313 e. The zero-order chi connectivity index (χ0) is 19.1. The van der Waals surface area contributed by atoms with E-state index in [1.54, 1.807) is 18.0 Å². The van der Waals surface area contributed by atoms with Crippen molar-refractivity contribution in [3.8, 4) is 0 Å². The van der Waals surface area contributed by atoms with E-state index in [2.05, 4.69) is 20.8 Å². The van der Waals surface area contributed by atoms with Crippen LogP contribution in [0, 0.1) is 22.6 Å². The monoisotopic (exact) mass is 358 g/mol. The van der Waals surface area contributed by atoms with Crippen molar-refractivity contribution >= 4 is 17.4 Å². The maximum atomic E-state index is 14.3. The number of carbonyl (C=O) groups is 2. The number of hydrogen-bond donors (Lipinski definition) is 0. The molecule has 0 bridgehead atoms. The summed E-state index contributed by atoms with van der Waals surface area (Å²) >= 11 is 0. The Kier molecular flexibility index (Phi) is 3.50. The average Bonchev–Trinajstić information content (AvgIpc) is 2.87. The number of ketones is 1. The minimum absolute atomic E-state index is 0.103. The van der Waals surface area contributed by atoms with E-state index in [1.807, 2.05) is 11.9 Å². The number of benzene rings is 1. The fourth-order valence-corrected chi connectivity index (χ4v) is 6.29. The zero-order valence-corrected chi connectivity index (χ0v) is 16.2. The van der Waals surface area contributed by atoms with E-state index in [1.165, 1.54) is 12.1 Å². The van der Waals surface area contributed by atoms with Crippen LogP contribution in [-0.4, -0.2) is 37.2 Å². The Labute approximate surface area is 154 Å². The summed E-state index contributed by atoms with van der Waals surface area (Å²) in [5, 5.41) is 0. The molecule has 1 aromatic rings. The molecule has 26 heavy (non-hydrogen) atoms. The first-order chi connectivity index (χ1) is 12.1. The molecule has 2 spiro atoms. The van der Waals surface area contributed by atoms with E-state index in [4.69, 9.17) is 0 Å². The number of hydrogen-bond acceptors (Lipinski definition) is 3. The van der Waals surface area contributed by atoms with Crippen molar-refractivity contribution in [1.82, 2.24) is 4.90 Å². The summed E-state index contributed by atoms with van der Waals surface area (Å²) in [6.45, 7) is 6.91. The molecule has 2 fully saturated rings. The van der Waals surface area contributed by atoms with Crippen molar-refractivity contribution in [3.63, 3.8) is 0 Å². The molecular weight excluding hydrogens is 331 g/mol. The second-order valence-electron chi connectivity index (χ2n) is 9.15. The largest absolute Gasteiger partial charge is 0.313 e. The van der Waals surface area contributed by atoms with Gasteiger partial charge in [0, 0.05) is 31.3 Å². The lowest BCUT2D eigenvalue weighted by Gasteiger charge is -2.51. The number of anilines is 1. The highest BCUT2D eigenvalue weighted by Gasteiger charge is 2.76. The molecule has 2 heterocycles. The zero-order valence-electron chi connectivity index (χ0n) is 16.2. The van der Waals surface area contributed by atoms with E-state index in [0.29, 0.717) is 36.6 Å². The van der Waals surface area contributed by atoms with Crippen molar-refractivity contribution in [1.29, 1.82) is 0 Å². The molecule has 2 unspecified atom stereocenters. The van der Waals surface area contributed by atoms with Gasteiger partial charge in [0.1, 0.15) is 17.1 Å². The van der Waals surface area contributed by atoms with Gasteiger partial charge in [-0.1, -0.05) is 20.8 Å². The van der Waals surface area contributed by atoms with Crippen LogP contribution in [0.25, 0.3) is 0 Å². The highest BCUT2D eigenvalue weighted by Crippen LogP contribution is 2.68. The van der Waals surface area contributed by atoms with Gasteiger partial charge in [-0.2, -0.15) is 0 Å². The molecule has 4 rings (SSSR count). The van der Waals surface area contributed by atoms with Crippen LogP contribution in [0.1, 0.15) is 45.6 Å². The second kappa shape index (κ2) is 5.16. The molecule has 1 amide bonds. The van der Waals surface area contributed by atoms with Gasteiger partial charge in [0.2, 0.25) is 0 Å². The van der Waals surface area contributed by atoms with Gasteiger partial charge < -0.3 is 4.90 Å². The molecule has 0 radical (unpaired) electrons. The summed E-state index contributed by atoms with van der Waals surface area (Å²) < 4.78 is 14.3. The Bertz CT molecular complexity index is 820. The maximum absolute atomic E-state index is 14.3. The number of fused-ring (bicyclic) bond motifs is 3. The minimum atomic E-state index is -1.11. The molecule has 4 nitrogen and oxygen atoms in total. The first kappa shape index (κ1) is 17.7. The summed E-state index contributed by atoms with van der Waals surface area (Å²) in [4.78, 5) is 30.9. The van der Waals surface area contributed by atoms with Gasteiger partial charge in [-0.3, -0.25) is 14.5 Å². The van der Waals surface area contributed by atoms with E-state index < -0.39 is 11.0 Å². The number of likely N-dealkylation sites (tertiary alicyclic amines) is 1. The normalized spacial score (nSPS) is 36.4. The highest BCUT2D eigenvalue weighted by atomic mass is 19.1. The number of likely N-dealkylation sites (N-methyl/N-ethyl adjacent to an activating group) is 2.